The van der Waals surface area contributed by atoms with Gasteiger partial charge in [-0.3, -0.25) is 4.79 Å². The van der Waals surface area contributed by atoms with Gasteiger partial charge < -0.3 is 14.8 Å². The molecule has 0 saturated heterocycles. The highest BCUT2D eigenvalue weighted by Gasteiger charge is 2.17. The van der Waals surface area contributed by atoms with Gasteiger partial charge in [-0.2, -0.15) is 0 Å². The Morgan fingerprint density at radius 1 is 1.13 bits per heavy atom. The van der Waals surface area contributed by atoms with Gasteiger partial charge in [0.05, 0.1) is 6.10 Å². The molecule has 1 heterocycles. The number of carbonyl (C=O) groups excluding carboxylic acids is 1. The van der Waals surface area contributed by atoms with Crippen LogP contribution in [-0.2, 0) is 0 Å². The minimum atomic E-state index is -0.609. The fraction of sp³-hybridized carbons (Fsp3) is 0.211. The van der Waals surface area contributed by atoms with Gasteiger partial charge in [-0.25, -0.2) is 0 Å². The number of furan rings is 1. The topological polar surface area (TPSA) is 62.5 Å². The maximum atomic E-state index is 12.3. The minimum absolute atomic E-state index is 0.175. The maximum absolute atomic E-state index is 12.3. The molecule has 4 nitrogen and oxygen atoms in total. The van der Waals surface area contributed by atoms with Crippen molar-refractivity contribution in [1.29, 1.82) is 0 Å². The van der Waals surface area contributed by atoms with Crippen LogP contribution >= 0.6 is 0 Å². The van der Waals surface area contributed by atoms with E-state index in [-0.39, 0.29) is 17.7 Å². The van der Waals surface area contributed by atoms with Crippen LogP contribution in [0.25, 0.3) is 11.0 Å². The lowest BCUT2D eigenvalue weighted by molar-refractivity contribution is 0.0891. The monoisotopic (exact) mass is 309 g/mol. The number of hydrogen-bond acceptors (Lipinski definition) is 3. The summed E-state index contributed by atoms with van der Waals surface area (Å²) in [5.41, 5.74) is 1.53. The van der Waals surface area contributed by atoms with E-state index in [1.165, 1.54) is 0 Å². The summed E-state index contributed by atoms with van der Waals surface area (Å²) in [5, 5.41) is 14.0. The Labute approximate surface area is 134 Å². The zero-order valence-corrected chi connectivity index (χ0v) is 12.9. The molecule has 0 aliphatic heterocycles. The third-order valence-electron chi connectivity index (χ3n) is 3.79. The van der Waals surface area contributed by atoms with E-state index in [0.29, 0.717) is 12.0 Å². The van der Waals surface area contributed by atoms with Crippen LogP contribution in [0.5, 0.6) is 0 Å². The lowest BCUT2D eigenvalue weighted by Crippen LogP contribution is -2.33. The number of para-hydroxylation sites is 1. The van der Waals surface area contributed by atoms with Crippen molar-refractivity contribution in [3.63, 3.8) is 0 Å². The molecule has 0 radical (unpaired) electrons. The van der Waals surface area contributed by atoms with Crippen molar-refractivity contribution in [1.82, 2.24) is 5.32 Å². The van der Waals surface area contributed by atoms with Crippen molar-refractivity contribution in [3.8, 4) is 0 Å². The van der Waals surface area contributed by atoms with E-state index >= 15 is 0 Å². The smallest absolute Gasteiger partial charge is 0.287 e. The minimum Gasteiger partial charge on any atom is -0.451 e. The van der Waals surface area contributed by atoms with Gasteiger partial charge in [0.15, 0.2) is 5.76 Å². The molecule has 0 aliphatic carbocycles. The lowest BCUT2D eigenvalue weighted by atomic mass is 10.0. The van der Waals surface area contributed by atoms with E-state index < -0.39 is 6.10 Å². The summed E-state index contributed by atoms with van der Waals surface area (Å²) < 4.78 is 5.55. The summed E-state index contributed by atoms with van der Waals surface area (Å²) in [6, 6.07) is 18.5. The summed E-state index contributed by atoms with van der Waals surface area (Å²) >= 11 is 0. The van der Waals surface area contributed by atoms with Gasteiger partial charge in [-0.15, -0.1) is 0 Å². The zero-order valence-electron chi connectivity index (χ0n) is 12.9. The Kier molecular flexibility index (Phi) is 4.44. The second-order valence-corrected chi connectivity index (χ2v) is 5.69. The highest BCUT2D eigenvalue weighted by molar-refractivity contribution is 5.96. The molecule has 1 amide bonds. The first-order valence-corrected chi connectivity index (χ1v) is 7.66. The van der Waals surface area contributed by atoms with E-state index in [9.17, 15) is 9.90 Å². The van der Waals surface area contributed by atoms with Crippen LogP contribution in [0.3, 0.4) is 0 Å². The molecule has 2 aromatic carbocycles. The highest BCUT2D eigenvalue weighted by Crippen LogP contribution is 2.20. The predicted molar refractivity (Wildman–Crippen MR) is 89.2 cm³/mol. The van der Waals surface area contributed by atoms with Crippen molar-refractivity contribution in [2.75, 3.05) is 0 Å². The Balaban J connectivity index is 1.63. The van der Waals surface area contributed by atoms with Crippen molar-refractivity contribution >= 4 is 16.9 Å². The molecule has 3 aromatic rings. The summed E-state index contributed by atoms with van der Waals surface area (Å²) in [6.07, 6.45) is -0.169. The number of hydrogen-bond donors (Lipinski definition) is 2. The van der Waals surface area contributed by atoms with Gasteiger partial charge in [0.1, 0.15) is 5.58 Å². The number of rotatable bonds is 5. The number of nitrogens with one attached hydrogen (secondary N) is 1. The van der Waals surface area contributed by atoms with Gasteiger partial charge in [0.25, 0.3) is 5.91 Å². The molecule has 0 fully saturated rings. The summed E-state index contributed by atoms with van der Waals surface area (Å²) in [7, 11) is 0. The molecule has 0 spiro atoms. The van der Waals surface area contributed by atoms with Gasteiger partial charge in [-0.05, 0) is 31.0 Å². The Morgan fingerprint density at radius 3 is 2.57 bits per heavy atom. The van der Waals surface area contributed by atoms with E-state index in [2.05, 4.69) is 5.32 Å². The summed E-state index contributed by atoms with van der Waals surface area (Å²) in [6.45, 7) is 1.87. The second kappa shape index (κ2) is 6.67. The first-order chi connectivity index (χ1) is 11.1. The lowest BCUT2D eigenvalue weighted by Gasteiger charge is -2.17. The highest BCUT2D eigenvalue weighted by atomic mass is 16.3. The number of aliphatic hydroxyl groups is 1. The van der Waals surface area contributed by atoms with Crippen LogP contribution in [0.4, 0.5) is 0 Å². The number of aliphatic hydroxyl groups excluding tert-OH is 1. The first kappa shape index (κ1) is 15.3. The van der Waals surface area contributed by atoms with Crippen molar-refractivity contribution in [3.05, 3.63) is 72.0 Å². The third kappa shape index (κ3) is 3.60. The molecule has 2 unspecified atom stereocenters. The fourth-order valence-electron chi connectivity index (χ4n) is 2.59. The number of carbonyl (C=O) groups is 1. The van der Waals surface area contributed by atoms with Gasteiger partial charge in [-0.1, -0.05) is 48.5 Å². The average molecular weight is 309 g/mol. The predicted octanol–water partition coefficient (Wildman–Crippen LogP) is 3.67. The normalized spacial score (nSPS) is 13.7. The van der Waals surface area contributed by atoms with E-state index in [1.807, 2.05) is 61.5 Å². The molecule has 1 aromatic heterocycles. The largest absolute Gasteiger partial charge is 0.451 e. The van der Waals surface area contributed by atoms with Crippen LogP contribution in [0, 0.1) is 0 Å². The standard InChI is InChI=1S/C19H19NO3/c1-13(11-16(21)14-7-3-2-4-8-14)20-19(22)18-12-15-9-5-6-10-17(15)23-18/h2-10,12-13,16,21H,11H2,1H3,(H,20,22). The molecule has 2 N–H and O–H groups in total. The van der Waals surface area contributed by atoms with Crippen molar-refractivity contribution < 1.29 is 14.3 Å². The van der Waals surface area contributed by atoms with E-state index in [0.717, 1.165) is 10.9 Å². The SMILES string of the molecule is CC(CC(O)c1ccccc1)NC(=O)c1cc2ccccc2o1. The van der Waals surface area contributed by atoms with Crippen LogP contribution in [-0.4, -0.2) is 17.1 Å². The molecule has 4 heteroatoms. The van der Waals surface area contributed by atoms with Crippen LogP contribution in [0.15, 0.2) is 65.1 Å². The molecule has 3 rings (SSSR count). The number of benzene rings is 2. The fourth-order valence-corrected chi connectivity index (χ4v) is 2.59. The zero-order chi connectivity index (χ0) is 16.2. The second-order valence-electron chi connectivity index (χ2n) is 5.69. The molecule has 2 atom stereocenters. The van der Waals surface area contributed by atoms with Crippen molar-refractivity contribution in [2.24, 2.45) is 0 Å². The van der Waals surface area contributed by atoms with Crippen LogP contribution in [0.2, 0.25) is 0 Å². The third-order valence-corrected chi connectivity index (χ3v) is 3.79. The quantitative estimate of drug-likeness (QED) is 0.756. The first-order valence-electron chi connectivity index (χ1n) is 7.66. The Morgan fingerprint density at radius 2 is 1.83 bits per heavy atom. The number of amides is 1. The summed E-state index contributed by atoms with van der Waals surface area (Å²) in [4.78, 5) is 12.3. The van der Waals surface area contributed by atoms with Crippen molar-refractivity contribution in [2.45, 2.75) is 25.5 Å². The Bertz CT molecular complexity index is 761. The van der Waals surface area contributed by atoms with Crippen LogP contribution in [0.1, 0.15) is 35.6 Å². The molecule has 0 saturated carbocycles. The molecular weight excluding hydrogens is 290 g/mol. The number of fused-ring (bicyclic) bond motifs is 1. The average Bonchev–Trinajstić information content (AvgIpc) is 2.99. The Hall–Kier alpha value is -2.59. The van der Waals surface area contributed by atoms with Gasteiger partial charge in [0, 0.05) is 11.4 Å². The van der Waals surface area contributed by atoms with Gasteiger partial charge in [0.2, 0.25) is 0 Å². The molecule has 0 bridgehead atoms. The summed E-state index contributed by atoms with van der Waals surface area (Å²) in [5.74, 6) is 0.0150. The molecule has 118 valence electrons. The van der Waals surface area contributed by atoms with Crippen LogP contribution < -0.4 is 5.32 Å². The van der Waals surface area contributed by atoms with E-state index in [1.54, 1.807) is 6.07 Å². The van der Waals surface area contributed by atoms with Gasteiger partial charge >= 0.3 is 0 Å². The molecule has 23 heavy (non-hydrogen) atoms. The molecule has 0 aliphatic rings. The van der Waals surface area contributed by atoms with E-state index in [4.69, 9.17) is 4.42 Å². The molecular formula is C19H19NO3. The maximum Gasteiger partial charge on any atom is 0.287 e.